The second-order valence-corrected chi connectivity index (χ2v) is 8.04. The van der Waals surface area contributed by atoms with E-state index in [4.69, 9.17) is 0 Å². The standard InChI is InChI=1S/C23H27FN4O2/c1-17-3-2-4-20(15-17)25-22(29)26-11-9-21(10-12-26)28-14-13-27(23(28)30)16-18-5-7-19(24)8-6-18/h2-8,15,21H,9-14,16H2,1H3,(H,25,29). The van der Waals surface area contributed by atoms with E-state index in [-0.39, 0.29) is 23.9 Å². The van der Waals surface area contributed by atoms with Crippen molar-refractivity contribution in [1.82, 2.24) is 14.7 Å². The van der Waals surface area contributed by atoms with Gasteiger partial charge in [0.2, 0.25) is 0 Å². The molecule has 0 spiro atoms. The molecule has 30 heavy (non-hydrogen) atoms. The van der Waals surface area contributed by atoms with Crippen molar-refractivity contribution in [1.29, 1.82) is 0 Å². The number of benzene rings is 2. The minimum Gasteiger partial charge on any atom is -0.324 e. The Hall–Kier alpha value is -3.09. The quantitative estimate of drug-likeness (QED) is 0.826. The molecule has 4 rings (SSSR count). The number of rotatable bonds is 4. The van der Waals surface area contributed by atoms with Crippen LogP contribution in [0, 0.1) is 12.7 Å². The number of urea groups is 2. The summed E-state index contributed by atoms with van der Waals surface area (Å²) < 4.78 is 13.1. The molecular weight excluding hydrogens is 383 g/mol. The van der Waals surface area contributed by atoms with E-state index >= 15 is 0 Å². The molecule has 2 aromatic rings. The van der Waals surface area contributed by atoms with Gasteiger partial charge in [-0.15, -0.1) is 0 Å². The van der Waals surface area contributed by atoms with E-state index in [2.05, 4.69) is 5.32 Å². The smallest absolute Gasteiger partial charge is 0.321 e. The summed E-state index contributed by atoms with van der Waals surface area (Å²) in [5.41, 5.74) is 2.83. The van der Waals surface area contributed by atoms with Crippen molar-refractivity contribution in [3.63, 3.8) is 0 Å². The topological polar surface area (TPSA) is 55.9 Å². The van der Waals surface area contributed by atoms with Gasteiger partial charge in [-0.2, -0.15) is 0 Å². The van der Waals surface area contributed by atoms with Crippen molar-refractivity contribution in [2.45, 2.75) is 32.4 Å². The lowest BCUT2D eigenvalue weighted by Crippen LogP contribution is -2.49. The third kappa shape index (κ3) is 4.56. The minimum absolute atomic E-state index is 0.0296. The lowest BCUT2D eigenvalue weighted by molar-refractivity contribution is 0.139. The highest BCUT2D eigenvalue weighted by Gasteiger charge is 2.36. The fourth-order valence-corrected chi connectivity index (χ4v) is 4.20. The monoisotopic (exact) mass is 410 g/mol. The molecule has 6 nitrogen and oxygen atoms in total. The van der Waals surface area contributed by atoms with Crippen LogP contribution in [0.4, 0.5) is 19.7 Å². The largest absolute Gasteiger partial charge is 0.324 e. The van der Waals surface area contributed by atoms with Crippen LogP contribution in [0.2, 0.25) is 0 Å². The summed E-state index contributed by atoms with van der Waals surface area (Å²) in [5.74, 6) is -0.272. The number of likely N-dealkylation sites (tertiary alicyclic amines) is 1. The highest BCUT2D eigenvalue weighted by atomic mass is 19.1. The van der Waals surface area contributed by atoms with E-state index in [0.717, 1.165) is 29.7 Å². The Balaban J connectivity index is 1.28. The fraction of sp³-hybridized carbons (Fsp3) is 0.391. The Morgan fingerprint density at radius 3 is 2.50 bits per heavy atom. The van der Waals surface area contributed by atoms with E-state index in [1.807, 2.05) is 45.9 Å². The Morgan fingerprint density at radius 1 is 1.07 bits per heavy atom. The second-order valence-electron chi connectivity index (χ2n) is 8.04. The lowest BCUT2D eigenvalue weighted by Gasteiger charge is -2.36. The number of hydrogen-bond acceptors (Lipinski definition) is 2. The van der Waals surface area contributed by atoms with Crippen LogP contribution in [-0.4, -0.2) is 59.0 Å². The third-order valence-corrected chi connectivity index (χ3v) is 5.88. The Kier molecular flexibility index (Phi) is 5.88. The van der Waals surface area contributed by atoms with Gasteiger partial charge in [0.05, 0.1) is 0 Å². The molecule has 0 saturated carbocycles. The molecule has 2 aliphatic heterocycles. The van der Waals surface area contributed by atoms with E-state index < -0.39 is 0 Å². The van der Waals surface area contributed by atoms with Crippen LogP contribution in [0.3, 0.4) is 0 Å². The fourth-order valence-electron chi connectivity index (χ4n) is 4.20. The van der Waals surface area contributed by atoms with Crippen molar-refractivity contribution >= 4 is 17.7 Å². The third-order valence-electron chi connectivity index (χ3n) is 5.88. The zero-order chi connectivity index (χ0) is 21.1. The molecule has 4 amide bonds. The van der Waals surface area contributed by atoms with Gasteiger partial charge in [0, 0.05) is 44.5 Å². The van der Waals surface area contributed by atoms with Crippen molar-refractivity contribution in [2.75, 3.05) is 31.5 Å². The molecule has 0 aromatic heterocycles. The number of aryl methyl sites for hydroxylation is 1. The van der Waals surface area contributed by atoms with Gasteiger partial charge < -0.3 is 20.0 Å². The van der Waals surface area contributed by atoms with Crippen LogP contribution in [0.25, 0.3) is 0 Å². The van der Waals surface area contributed by atoms with Gasteiger partial charge in [-0.3, -0.25) is 0 Å². The number of nitrogens with zero attached hydrogens (tertiary/aromatic N) is 3. The molecule has 158 valence electrons. The van der Waals surface area contributed by atoms with Gasteiger partial charge in [0.25, 0.3) is 0 Å². The van der Waals surface area contributed by atoms with E-state index in [0.29, 0.717) is 32.7 Å². The lowest BCUT2D eigenvalue weighted by atomic mass is 10.0. The molecular formula is C23H27FN4O2. The van der Waals surface area contributed by atoms with E-state index in [1.165, 1.54) is 12.1 Å². The number of anilines is 1. The van der Waals surface area contributed by atoms with E-state index in [9.17, 15) is 14.0 Å². The highest BCUT2D eigenvalue weighted by molar-refractivity contribution is 5.89. The SMILES string of the molecule is Cc1cccc(NC(=O)N2CCC(N3CCN(Cc4ccc(F)cc4)C3=O)CC2)c1. The predicted octanol–water partition coefficient (Wildman–Crippen LogP) is 4.07. The van der Waals surface area contributed by atoms with Crippen LogP contribution in [0.15, 0.2) is 48.5 Å². The number of carbonyl (C=O) groups is 2. The first-order chi connectivity index (χ1) is 14.5. The summed E-state index contributed by atoms with van der Waals surface area (Å²) in [4.78, 5) is 31.0. The molecule has 2 aliphatic rings. The van der Waals surface area contributed by atoms with Crippen molar-refractivity contribution in [2.24, 2.45) is 0 Å². The molecule has 7 heteroatoms. The number of nitrogens with one attached hydrogen (secondary N) is 1. The average molecular weight is 410 g/mol. The van der Waals surface area contributed by atoms with Crippen LogP contribution in [0.1, 0.15) is 24.0 Å². The zero-order valence-electron chi connectivity index (χ0n) is 17.2. The maximum atomic E-state index is 13.1. The van der Waals surface area contributed by atoms with Gasteiger partial charge in [-0.05, 0) is 55.2 Å². The van der Waals surface area contributed by atoms with Gasteiger partial charge in [0.15, 0.2) is 0 Å². The van der Waals surface area contributed by atoms with Crippen LogP contribution >= 0.6 is 0 Å². The highest BCUT2D eigenvalue weighted by Crippen LogP contribution is 2.23. The van der Waals surface area contributed by atoms with Gasteiger partial charge in [-0.25, -0.2) is 14.0 Å². The molecule has 0 bridgehead atoms. The molecule has 2 fully saturated rings. The summed E-state index contributed by atoms with van der Waals surface area (Å²) in [5, 5.41) is 2.96. The summed E-state index contributed by atoms with van der Waals surface area (Å²) >= 11 is 0. The molecule has 0 radical (unpaired) electrons. The molecule has 0 aliphatic carbocycles. The predicted molar refractivity (Wildman–Crippen MR) is 114 cm³/mol. The maximum absolute atomic E-state index is 13.1. The van der Waals surface area contributed by atoms with Crippen LogP contribution in [0.5, 0.6) is 0 Å². The number of hydrogen-bond donors (Lipinski definition) is 1. The number of halogens is 1. The van der Waals surface area contributed by atoms with Gasteiger partial charge >= 0.3 is 12.1 Å². The molecule has 2 saturated heterocycles. The Bertz CT molecular complexity index is 910. The maximum Gasteiger partial charge on any atom is 0.321 e. The Morgan fingerprint density at radius 2 is 1.80 bits per heavy atom. The van der Waals surface area contributed by atoms with Gasteiger partial charge in [0.1, 0.15) is 5.82 Å². The van der Waals surface area contributed by atoms with Gasteiger partial charge in [-0.1, -0.05) is 24.3 Å². The molecule has 2 aromatic carbocycles. The Labute approximate surface area is 176 Å². The van der Waals surface area contributed by atoms with Crippen LogP contribution < -0.4 is 5.32 Å². The minimum atomic E-state index is -0.272. The summed E-state index contributed by atoms with van der Waals surface area (Å²) in [7, 11) is 0. The van der Waals surface area contributed by atoms with Crippen molar-refractivity contribution in [3.8, 4) is 0 Å². The number of amides is 4. The number of carbonyl (C=O) groups excluding carboxylic acids is 2. The summed E-state index contributed by atoms with van der Waals surface area (Å²) in [6.45, 7) is 5.11. The second kappa shape index (κ2) is 8.73. The molecule has 0 atom stereocenters. The van der Waals surface area contributed by atoms with E-state index in [1.54, 1.807) is 12.1 Å². The van der Waals surface area contributed by atoms with Crippen molar-refractivity contribution in [3.05, 3.63) is 65.5 Å². The first-order valence-electron chi connectivity index (χ1n) is 10.4. The average Bonchev–Trinajstić information content (AvgIpc) is 3.10. The first-order valence-corrected chi connectivity index (χ1v) is 10.4. The first kappa shape index (κ1) is 20.2. The summed E-state index contributed by atoms with van der Waals surface area (Å²) in [6.07, 6.45) is 1.55. The number of piperidine rings is 1. The molecule has 0 unspecified atom stereocenters. The molecule has 1 N–H and O–H groups in total. The molecule has 2 heterocycles. The summed E-state index contributed by atoms with van der Waals surface area (Å²) in [6, 6.07) is 14.1. The zero-order valence-corrected chi connectivity index (χ0v) is 17.2. The normalized spacial score (nSPS) is 17.5. The van der Waals surface area contributed by atoms with Crippen LogP contribution in [-0.2, 0) is 6.54 Å². The van der Waals surface area contributed by atoms with Crippen molar-refractivity contribution < 1.29 is 14.0 Å².